The molecule has 312 valence electrons. The highest BCUT2D eigenvalue weighted by Gasteiger charge is 2.54. The number of halogens is 1. The monoisotopic (exact) mass is 812 g/mol. The molecule has 4 heterocycles. The third-order valence-electron chi connectivity index (χ3n) is 14.6. The fourth-order valence-corrected chi connectivity index (χ4v) is 11.7. The largest absolute Gasteiger partial charge is 0.493 e. The summed E-state index contributed by atoms with van der Waals surface area (Å²) >= 11 is 6.34. The maximum absolute atomic E-state index is 13.1. The van der Waals surface area contributed by atoms with E-state index >= 15 is 0 Å². The zero-order valence-electron chi connectivity index (χ0n) is 34.4. The van der Waals surface area contributed by atoms with Crippen molar-refractivity contribution < 1.29 is 28.8 Å². The number of anilines is 1. The van der Waals surface area contributed by atoms with Crippen molar-refractivity contribution in [3.63, 3.8) is 0 Å². The van der Waals surface area contributed by atoms with Crippen molar-refractivity contribution >= 4 is 23.3 Å². The second kappa shape index (κ2) is 16.8. The molecule has 2 aromatic carbocycles. The number of aliphatic carboxylic acids is 1. The number of nitrogens with zero attached hydrogens (tertiary/aromatic N) is 3. The molecule has 1 spiro atoms. The van der Waals surface area contributed by atoms with E-state index < -0.39 is 11.5 Å². The molecule has 1 saturated carbocycles. The number of pyridine rings is 1. The van der Waals surface area contributed by atoms with E-state index in [-0.39, 0.29) is 11.3 Å². The summed E-state index contributed by atoms with van der Waals surface area (Å²) in [5, 5.41) is 14.8. The summed E-state index contributed by atoms with van der Waals surface area (Å²) in [6.45, 7) is 13.4. The molecule has 9 rings (SSSR count). The Balaban J connectivity index is 0.927. The van der Waals surface area contributed by atoms with Gasteiger partial charge in [0.2, 0.25) is 0 Å². The smallest absolute Gasteiger partial charge is 0.329 e. The summed E-state index contributed by atoms with van der Waals surface area (Å²) in [5.41, 5.74) is 4.59. The van der Waals surface area contributed by atoms with Gasteiger partial charge in [-0.2, -0.15) is 0 Å². The van der Waals surface area contributed by atoms with Crippen LogP contribution in [0.3, 0.4) is 0 Å². The van der Waals surface area contributed by atoms with Gasteiger partial charge in [-0.25, -0.2) is 4.79 Å². The number of hydrogen-bond acceptors (Lipinski definition) is 9. The molecule has 58 heavy (non-hydrogen) atoms. The van der Waals surface area contributed by atoms with Gasteiger partial charge in [0.1, 0.15) is 11.3 Å². The molecule has 0 bridgehead atoms. The van der Waals surface area contributed by atoms with Gasteiger partial charge in [-0.05, 0) is 141 Å². The molecule has 6 aliphatic rings. The van der Waals surface area contributed by atoms with Crippen molar-refractivity contribution in [2.75, 3.05) is 71.1 Å². The Morgan fingerprint density at radius 2 is 1.84 bits per heavy atom. The number of benzene rings is 2. The fraction of sp³-hybridized carbons (Fsp3) is 0.617. The normalized spacial score (nSPS) is 30.3. The number of carbonyl (C=O) groups is 1. The number of morpholine rings is 1. The number of aryl methyl sites for hydroxylation is 1. The van der Waals surface area contributed by atoms with Gasteiger partial charge in [-0.1, -0.05) is 31.5 Å². The molecule has 3 aliphatic heterocycles. The fourth-order valence-electron chi connectivity index (χ4n) is 11.5. The van der Waals surface area contributed by atoms with Crippen LogP contribution in [0.15, 0.2) is 48.7 Å². The number of ether oxygens (including phenoxy) is 4. The third-order valence-corrected chi connectivity index (χ3v) is 14.9. The van der Waals surface area contributed by atoms with E-state index in [1.807, 2.05) is 36.5 Å². The lowest BCUT2D eigenvalue weighted by molar-refractivity contribution is -0.144. The Morgan fingerprint density at radius 3 is 2.62 bits per heavy atom. The molecule has 10 nitrogen and oxygen atoms in total. The Bertz CT molecular complexity index is 1950. The van der Waals surface area contributed by atoms with Gasteiger partial charge in [-0.15, -0.1) is 0 Å². The van der Waals surface area contributed by atoms with Crippen molar-refractivity contribution in [3.05, 3.63) is 76.1 Å². The molecule has 0 amide bonds. The standard InChI is InChI=1S/C47H61ClN4O6/c1-31(28-56-41-9-15-49-40-8-3-5-32(2)44(40)41)21-35-22-34-23-42-43(58-30-33(29-57-42)26-51-16-10-38(27-51)52-17-19-55-20-18-52)25-39(34)46(35)11-13-47(14-12-46,45(53)54)50-37-7-4-6-36(48)24-37/h4,6-7,9,15,23-25,31-33,35,38,50H,3,5,8,10-14,16-22,26-30H2,1-2H3,(H,53,54)/t31-,32-,33?,35?,38?,46?,47?/m1/s1. The molecule has 3 fully saturated rings. The predicted molar refractivity (Wildman–Crippen MR) is 226 cm³/mol. The molecule has 2 N–H and O–H groups in total. The van der Waals surface area contributed by atoms with Crippen LogP contribution < -0.4 is 19.5 Å². The SMILES string of the molecule is C[C@@H](COc1ccnc2c1[C@H](C)CCC2)CC1Cc2cc3c(cc2C12CCC(Nc1cccc(Cl)c1)(C(=O)O)CC2)OCC(CN1CCC(N2CCOCC2)C1)CO3. The first kappa shape index (κ1) is 39.9. The minimum absolute atomic E-state index is 0.183. The average Bonchev–Trinajstić information content (AvgIpc) is 3.74. The predicted octanol–water partition coefficient (Wildman–Crippen LogP) is 7.99. The Labute approximate surface area is 348 Å². The summed E-state index contributed by atoms with van der Waals surface area (Å²) in [7, 11) is 0. The highest BCUT2D eigenvalue weighted by molar-refractivity contribution is 6.30. The molecule has 5 atom stereocenters. The van der Waals surface area contributed by atoms with Gasteiger partial charge in [0.15, 0.2) is 11.5 Å². The first-order valence-corrected chi connectivity index (χ1v) is 22.4. The first-order chi connectivity index (χ1) is 28.2. The van der Waals surface area contributed by atoms with Crippen LogP contribution in [0.25, 0.3) is 0 Å². The van der Waals surface area contributed by atoms with E-state index in [1.165, 1.54) is 41.6 Å². The van der Waals surface area contributed by atoms with Crippen LogP contribution in [-0.2, 0) is 27.8 Å². The van der Waals surface area contributed by atoms with Crippen LogP contribution in [0, 0.1) is 17.8 Å². The molecular weight excluding hydrogens is 752 g/mol. The molecule has 2 saturated heterocycles. The van der Waals surface area contributed by atoms with E-state index in [4.69, 9.17) is 35.5 Å². The lowest BCUT2D eigenvalue weighted by Gasteiger charge is -2.47. The second-order valence-corrected chi connectivity index (χ2v) is 18.9. The van der Waals surface area contributed by atoms with Gasteiger partial charge >= 0.3 is 5.97 Å². The summed E-state index contributed by atoms with van der Waals surface area (Å²) in [6.07, 6.45) is 10.9. The van der Waals surface area contributed by atoms with Gasteiger partial charge in [-0.3, -0.25) is 9.88 Å². The van der Waals surface area contributed by atoms with E-state index in [9.17, 15) is 9.90 Å². The topological polar surface area (TPSA) is 106 Å². The van der Waals surface area contributed by atoms with Crippen molar-refractivity contribution in [2.45, 2.75) is 101 Å². The highest BCUT2D eigenvalue weighted by atomic mass is 35.5. The van der Waals surface area contributed by atoms with Crippen molar-refractivity contribution in [1.82, 2.24) is 14.8 Å². The zero-order chi connectivity index (χ0) is 39.9. The molecular formula is C47H61ClN4O6. The Hall–Kier alpha value is -3.57. The van der Waals surface area contributed by atoms with Crippen LogP contribution in [0.4, 0.5) is 5.69 Å². The maximum atomic E-state index is 13.1. The number of likely N-dealkylation sites (tertiary alicyclic amines) is 1. The summed E-state index contributed by atoms with van der Waals surface area (Å²) in [4.78, 5) is 23.0. The highest BCUT2D eigenvalue weighted by Crippen LogP contribution is 2.58. The summed E-state index contributed by atoms with van der Waals surface area (Å²) in [5.74, 6) is 3.22. The molecule has 0 radical (unpaired) electrons. The average molecular weight is 813 g/mol. The van der Waals surface area contributed by atoms with Crippen molar-refractivity contribution in [1.29, 1.82) is 0 Å². The van der Waals surface area contributed by atoms with Crippen LogP contribution >= 0.6 is 11.6 Å². The molecule has 11 heteroatoms. The number of carboxylic acid groups (broad SMARTS) is 1. The Kier molecular flexibility index (Phi) is 11.6. The van der Waals surface area contributed by atoms with E-state index in [0.29, 0.717) is 61.5 Å². The quantitative estimate of drug-likeness (QED) is 0.198. The zero-order valence-corrected chi connectivity index (χ0v) is 35.1. The lowest BCUT2D eigenvalue weighted by Crippen LogP contribution is -2.53. The second-order valence-electron chi connectivity index (χ2n) is 18.5. The number of nitrogens with one attached hydrogen (secondary N) is 1. The third kappa shape index (κ3) is 8.03. The Morgan fingerprint density at radius 1 is 1.05 bits per heavy atom. The molecule has 1 aromatic heterocycles. The number of aromatic nitrogens is 1. The minimum Gasteiger partial charge on any atom is -0.493 e. The first-order valence-electron chi connectivity index (χ1n) is 22.0. The minimum atomic E-state index is -1.08. The summed E-state index contributed by atoms with van der Waals surface area (Å²) < 4.78 is 25.5. The van der Waals surface area contributed by atoms with Crippen LogP contribution in [0.1, 0.15) is 93.5 Å². The van der Waals surface area contributed by atoms with E-state index in [0.717, 1.165) is 101 Å². The van der Waals surface area contributed by atoms with Gasteiger partial charge in [0, 0.05) is 66.3 Å². The van der Waals surface area contributed by atoms with Crippen molar-refractivity contribution in [2.24, 2.45) is 17.8 Å². The van der Waals surface area contributed by atoms with E-state index in [2.05, 4.69) is 41.1 Å². The number of carboxylic acids is 1. The number of hydrogen-bond donors (Lipinski definition) is 2. The molecule has 3 aromatic rings. The van der Waals surface area contributed by atoms with Crippen LogP contribution in [0.2, 0.25) is 5.02 Å². The maximum Gasteiger partial charge on any atom is 0.329 e. The van der Waals surface area contributed by atoms with Gasteiger partial charge in [0.05, 0.1) is 33.0 Å². The molecule has 3 aliphatic carbocycles. The number of rotatable bonds is 11. The number of fused-ring (bicyclic) bond motifs is 4. The van der Waals surface area contributed by atoms with Gasteiger partial charge in [0.25, 0.3) is 0 Å². The molecule has 3 unspecified atom stereocenters. The summed E-state index contributed by atoms with van der Waals surface area (Å²) in [6, 6.07) is 14.6. The van der Waals surface area contributed by atoms with Gasteiger partial charge < -0.3 is 34.3 Å². The van der Waals surface area contributed by atoms with E-state index in [1.54, 1.807) is 0 Å². The van der Waals surface area contributed by atoms with Crippen molar-refractivity contribution in [3.8, 4) is 17.2 Å². The lowest BCUT2D eigenvalue weighted by atomic mass is 9.59. The van der Waals surface area contributed by atoms with Crippen LogP contribution in [-0.4, -0.2) is 103 Å². The van der Waals surface area contributed by atoms with Crippen LogP contribution in [0.5, 0.6) is 17.2 Å².